The maximum absolute atomic E-state index is 14.2. The van der Waals surface area contributed by atoms with Crippen molar-refractivity contribution < 1.29 is 9.50 Å². The van der Waals surface area contributed by atoms with E-state index < -0.39 is 0 Å². The fourth-order valence-corrected chi connectivity index (χ4v) is 3.44. The van der Waals surface area contributed by atoms with Crippen molar-refractivity contribution >= 4 is 16.9 Å². The standard InChI is InChI=1S/C19H20FN5O/c20-14-7-12(9-25-5-1-2-15(26)10-25)6-13(8-14)16-3-4-17-18(24-16)19(21)23-11-22-17/h3-4,6-8,11,15,26H,1-2,5,9-10H2,(H2,21,22,23). The van der Waals surface area contributed by atoms with Crippen LogP contribution in [0.5, 0.6) is 0 Å². The molecular formula is C19H20FN5O. The summed E-state index contributed by atoms with van der Waals surface area (Å²) in [5, 5.41) is 9.82. The zero-order valence-corrected chi connectivity index (χ0v) is 14.3. The van der Waals surface area contributed by atoms with Crippen LogP contribution in [0.15, 0.2) is 36.7 Å². The number of nitrogens with zero attached hydrogens (tertiary/aromatic N) is 4. The van der Waals surface area contributed by atoms with E-state index >= 15 is 0 Å². The van der Waals surface area contributed by atoms with E-state index in [4.69, 9.17) is 5.73 Å². The Bertz CT molecular complexity index is 948. The Morgan fingerprint density at radius 1 is 1.23 bits per heavy atom. The Kier molecular flexibility index (Phi) is 4.48. The minimum atomic E-state index is -0.311. The van der Waals surface area contributed by atoms with Crippen LogP contribution in [0.4, 0.5) is 10.2 Å². The van der Waals surface area contributed by atoms with Gasteiger partial charge in [0, 0.05) is 18.7 Å². The Labute approximate surface area is 150 Å². The predicted molar refractivity (Wildman–Crippen MR) is 97.7 cm³/mol. The molecule has 2 aromatic heterocycles. The van der Waals surface area contributed by atoms with Crippen molar-refractivity contribution in [2.24, 2.45) is 0 Å². The molecule has 0 saturated carbocycles. The average Bonchev–Trinajstić information content (AvgIpc) is 2.61. The van der Waals surface area contributed by atoms with Gasteiger partial charge in [0.15, 0.2) is 5.82 Å². The Morgan fingerprint density at radius 3 is 2.96 bits per heavy atom. The van der Waals surface area contributed by atoms with Gasteiger partial charge in [0.25, 0.3) is 0 Å². The van der Waals surface area contributed by atoms with Gasteiger partial charge in [-0.2, -0.15) is 0 Å². The molecule has 1 unspecified atom stereocenters. The van der Waals surface area contributed by atoms with E-state index in [0.29, 0.717) is 41.2 Å². The fraction of sp³-hybridized carbons (Fsp3) is 0.316. The van der Waals surface area contributed by atoms with Crippen molar-refractivity contribution in [3.05, 3.63) is 48.0 Å². The highest BCUT2D eigenvalue weighted by Crippen LogP contribution is 2.25. The Balaban J connectivity index is 1.66. The van der Waals surface area contributed by atoms with E-state index in [-0.39, 0.29) is 11.9 Å². The third kappa shape index (κ3) is 3.49. The number of nitrogen functional groups attached to an aromatic ring is 1. The molecule has 0 bridgehead atoms. The van der Waals surface area contributed by atoms with E-state index in [0.717, 1.165) is 24.9 Å². The zero-order valence-electron chi connectivity index (χ0n) is 14.3. The maximum Gasteiger partial charge on any atom is 0.153 e. The summed E-state index contributed by atoms with van der Waals surface area (Å²) in [5.74, 6) is -0.00924. The number of rotatable bonds is 3. The van der Waals surface area contributed by atoms with Crippen LogP contribution in [0.25, 0.3) is 22.3 Å². The van der Waals surface area contributed by atoms with Crippen LogP contribution in [0.3, 0.4) is 0 Å². The molecule has 7 heteroatoms. The van der Waals surface area contributed by atoms with Crippen LogP contribution in [-0.2, 0) is 6.54 Å². The summed E-state index contributed by atoms with van der Waals surface area (Å²) in [6, 6.07) is 8.53. The number of fused-ring (bicyclic) bond motifs is 1. The molecule has 6 nitrogen and oxygen atoms in total. The number of piperidine rings is 1. The number of hydrogen-bond acceptors (Lipinski definition) is 6. The number of pyridine rings is 1. The SMILES string of the molecule is Nc1ncnc2ccc(-c3cc(F)cc(CN4CCCC(O)C4)c3)nc12. The van der Waals surface area contributed by atoms with Crippen LogP contribution in [0, 0.1) is 5.82 Å². The molecule has 0 aliphatic carbocycles. The third-order valence-electron chi connectivity index (χ3n) is 4.65. The smallest absolute Gasteiger partial charge is 0.153 e. The summed E-state index contributed by atoms with van der Waals surface area (Å²) in [7, 11) is 0. The van der Waals surface area contributed by atoms with Crippen LogP contribution < -0.4 is 5.73 Å². The molecule has 3 N–H and O–H groups in total. The van der Waals surface area contributed by atoms with E-state index in [1.165, 1.54) is 18.5 Å². The summed E-state index contributed by atoms with van der Waals surface area (Å²) >= 11 is 0. The van der Waals surface area contributed by atoms with Crippen LogP contribution in [0.2, 0.25) is 0 Å². The largest absolute Gasteiger partial charge is 0.392 e. The molecule has 1 fully saturated rings. The number of hydrogen-bond donors (Lipinski definition) is 2. The minimum Gasteiger partial charge on any atom is -0.392 e. The molecule has 26 heavy (non-hydrogen) atoms. The lowest BCUT2D eigenvalue weighted by Gasteiger charge is -2.30. The van der Waals surface area contributed by atoms with Gasteiger partial charge in [0.05, 0.1) is 17.3 Å². The topological polar surface area (TPSA) is 88.2 Å². The first kappa shape index (κ1) is 16.8. The summed E-state index contributed by atoms with van der Waals surface area (Å²) < 4.78 is 14.2. The summed E-state index contributed by atoms with van der Waals surface area (Å²) in [6.07, 6.45) is 2.87. The van der Waals surface area contributed by atoms with Gasteiger partial charge in [-0.15, -0.1) is 0 Å². The molecule has 4 rings (SSSR count). The Hall–Kier alpha value is -2.64. The second-order valence-corrected chi connectivity index (χ2v) is 6.70. The summed E-state index contributed by atoms with van der Waals surface area (Å²) in [4.78, 5) is 14.8. The van der Waals surface area contributed by atoms with Crippen LogP contribution in [0.1, 0.15) is 18.4 Å². The van der Waals surface area contributed by atoms with Crippen LogP contribution in [-0.4, -0.2) is 44.2 Å². The van der Waals surface area contributed by atoms with Gasteiger partial charge in [-0.1, -0.05) is 0 Å². The van der Waals surface area contributed by atoms with Crippen molar-refractivity contribution in [3.63, 3.8) is 0 Å². The number of aliphatic hydroxyl groups excluding tert-OH is 1. The number of aromatic nitrogens is 3. The molecule has 0 spiro atoms. The fourth-order valence-electron chi connectivity index (χ4n) is 3.44. The normalized spacial score (nSPS) is 18.3. The number of halogens is 1. The van der Waals surface area contributed by atoms with Crippen molar-refractivity contribution in [1.29, 1.82) is 0 Å². The van der Waals surface area contributed by atoms with E-state index in [1.54, 1.807) is 12.1 Å². The molecule has 0 radical (unpaired) electrons. The van der Waals surface area contributed by atoms with Crippen molar-refractivity contribution in [1.82, 2.24) is 19.9 Å². The third-order valence-corrected chi connectivity index (χ3v) is 4.65. The van der Waals surface area contributed by atoms with E-state index in [2.05, 4.69) is 19.9 Å². The average molecular weight is 353 g/mol. The zero-order chi connectivity index (χ0) is 18.1. The quantitative estimate of drug-likeness (QED) is 0.752. The molecule has 134 valence electrons. The number of β-amino-alcohol motifs (C(OH)–C–C–N with tert-alkyl or cyclic N) is 1. The van der Waals surface area contributed by atoms with E-state index in [9.17, 15) is 9.50 Å². The monoisotopic (exact) mass is 353 g/mol. The first-order chi connectivity index (χ1) is 12.6. The highest BCUT2D eigenvalue weighted by Gasteiger charge is 2.18. The van der Waals surface area contributed by atoms with Crippen LogP contribution >= 0.6 is 0 Å². The van der Waals surface area contributed by atoms with Gasteiger partial charge in [-0.05, 0) is 55.3 Å². The number of benzene rings is 1. The molecule has 1 aromatic carbocycles. The van der Waals surface area contributed by atoms with Crippen molar-refractivity contribution in [2.45, 2.75) is 25.5 Å². The molecule has 3 heterocycles. The summed E-state index contributed by atoms with van der Waals surface area (Å²) in [6.45, 7) is 2.12. The maximum atomic E-state index is 14.2. The van der Waals surface area contributed by atoms with Gasteiger partial charge in [-0.25, -0.2) is 19.3 Å². The first-order valence-corrected chi connectivity index (χ1v) is 8.66. The molecule has 1 saturated heterocycles. The highest BCUT2D eigenvalue weighted by atomic mass is 19.1. The van der Waals surface area contributed by atoms with Gasteiger partial charge in [-0.3, -0.25) is 4.90 Å². The Morgan fingerprint density at radius 2 is 2.12 bits per heavy atom. The molecular weight excluding hydrogens is 333 g/mol. The van der Waals surface area contributed by atoms with Gasteiger partial charge >= 0.3 is 0 Å². The minimum absolute atomic E-state index is 0.302. The molecule has 1 atom stereocenters. The lowest BCUT2D eigenvalue weighted by Crippen LogP contribution is -2.37. The van der Waals surface area contributed by atoms with Crippen molar-refractivity contribution in [2.75, 3.05) is 18.8 Å². The van der Waals surface area contributed by atoms with Gasteiger partial charge in [0.1, 0.15) is 17.7 Å². The predicted octanol–water partition coefficient (Wildman–Crippen LogP) is 2.37. The molecule has 1 aliphatic heterocycles. The summed E-state index contributed by atoms with van der Waals surface area (Å²) in [5.41, 5.74) is 9.21. The number of nitrogens with two attached hydrogens (primary N) is 1. The lowest BCUT2D eigenvalue weighted by molar-refractivity contribution is 0.0668. The number of aliphatic hydroxyl groups is 1. The highest BCUT2D eigenvalue weighted by molar-refractivity contribution is 5.85. The van der Waals surface area contributed by atoms with Gasteiger partial charge < -0.3 is 10.8 Å². The second kappa shape index (κ2) is 6.93. The molecule has 3 aromatic rings. The van der Waals surface area contributed by atoms with E-state index in [1.807, 2.05) is 6.07 Å². The van der Waals surface area contributed by atoms with Gasteiger partial charge in [0.2, 0.25) is 0 Å². The molecule has 1 aliphatic rings. The number of anilines is 1. The second-order valence-electron chi connectivity index (χ2n) is 6.70. The molecule has 0 amide bonds. The van der Waals surface area contributed by atoms with Crippen molar-refractivity contribution in [3.8, 4) is 11.3 Å². The lowest BCUT2D eigenvalue weighted by atomic mass is 10.0. The number of likely N-dealkylation sites (tertiary alicyclic amines) is 1. The first-order valence-electron chi connectivity index (χ1n) is 8.66.